The van der Waals surface area contributed by atoms with E-state index in [4.69, 9.17) is 4.74 Å². The second kappa shape index (κ2) is 6.69. The number of alkyl halides is 3. The van der Waals surface area contributed by atoms with Gasteiger partial charge < -0.3 is 14.8 Å². The van der Waals surface area contributed by atoms with E-state index in [1.807, 2.05) is 0 Å². The third kappa shape index (κ3) is 7.43. The first kappa shape index (κ1) is 17.1. The zero-order valence-electron chi connectivity index (χ0n) is 12.1. The number of alkyl carbamates (subject to hydrolysis) is 1. The van der Waals surface area contributed by atoms with Crippen LogP contribution in [0.2, 0.25) is 0 Å². The molecule has 0 spiro atoms. The largest absolute Gasteiger partial charge is 0.573 e. The Labute approximate surface area is 121 Å². The van der Waals surface area contributed by atoms with E-state index in [0.29, 0.717) is 5.56 Å². The maximum atomic E-state index is 12.2. The van der Waals surface area contributed by atoms with Gasteiger partial charge in [0, 0.05) is 6.54 Å². The van der Waals surface area contributed by atoms with E-state index in [2.05, 4.69) is 10.1 Å². The van der Waals surface area contributed by atoms with E-state index in [0.717, 1.165) is 0 Å². The summed E-state index contributed by atoms with van der Waals surface area (Å²) in [5, 5.41) is 2.48. The molecule has 0 saturated heterocycles. The number of halogens is 3. The molecule has 4 nitrogen and oxygen atoms in total. The summed E-state index contributed by atoms with van der Waals surface area (Å²) < 4.78 is 45.7. The van der Waals surface area contributed by atoms with Gasteiger partial charge in [-0.25, -0.2) is 4.79 Å². The van der Waals surface area contributed by atoms with Crippen LogP contribution in [-0.2, 0) is 11.2 Å². The standard InChI is InChI=1S/C14H18F3NO3/c1-13(2,3)21-12(19)18-9-8-10-6-4-5-7-11(10)20-14(15,16)17/h4-7H,8-9H2,1-3H3,(H,18,19). The molecule has 0 atom stereocenters. The Kier molecular flexibility index (Phi) is 5.46. The number of para-hydroxylation sites is 1. The van der Waals surface area contributed by atoms with Crippen molar-refractivity contribution in [2.24, 2.45) is 0 Å². The maximum absolute atomic E-state index is 12.2. The van der Waals surface area contributed by atoms with Crippen molar-refractivity contribution in [3.05, 3.63) is 29.8 Å². The van der Waals surface area contributed by atoms with Crippen molar-refractivity contribution in [3.8, 4) is 5.75 Å². The van der Waals surface area contributed by atoms with E-state index < -0.39 is 18.1 Å². The van der Waals surface area contributed by atoms with Gasteiger partial charge in [-0.2, -0.15) is 0 Å². The molecule has 0 aliphatic heterocycles. The highest BCUT2D eigenvalue weighted by Gasteiger charge is 2.31. The zero-order valence-corrected chi connectivity index (χ0v) is 12.1. The number of carbonyl (C=O) groups excluding carboxylic acids is 1. The first-order valence-electron chi connectivity index (χ1n) is 6.37. The van der Waals surface area contributed by atoms with Gasteiger partial charge in [0.15, 0.2) is 0 Å². The molecule has 1 N–H and O–H groups in total. The predicted molar refractivity (Wildman–Crippen MR) is 71.1 cm³/mol. The van der Waals surface area contributed by atoms with Crippen molar-refractivity contribution in [2.45, 2.75) is 39.2 Å². The molecule has 1 rings (SSSR count). The van der Waals surface area contributed by atoms with E-state index in [9.17, 15) is 18.0 Å². The van der Waals surface area contributed by atoms with Gasteiger partial charge >= 0.3 is 12.5 Å². The first-order valence-corrected chi connectivity index (χ1v) is 6.37. The minimum atomic E-state index is -4.74. The van der Waals surface area contributed by atoms with Crippen molar-refractivity contribution in [3.63, 3.8) is 0 Å². The lowest BCUT2D eigenvalue weighted by molar-refractivity contribution is -0.274. The smallest absolute Gasteiger partial charge is 0.444 e. The fourth-order valence-corrected chi connectivity index (χ4v) is 1.55. The Morgan fingerprint density at radius 3 is 2.38 bits per heavy atom. The Hall–Kier alpha value is -1.92. The molecule has 1 aromatic rings. The van der Waals surface area contributed by atoms with Gasteiger partial charge in [-0.05, 0) is 38.8 Å². The van der Waals surface area contributed by atoms with Crippen LogP contribution < -0.4 is 10.1 Å². The summed E-state index contributed by atoms with van der Waals surface area (Å²) in [5.41, 5.74) is -0.271. The minimum Gasteiger partial charge on any atom is -0.444 e. The highest BCUT2D eigenvalue weighted by molar-refractivity contribution is 5.67. The summed E-state index contributed by atoms with van der Waals surface area (Å²) in [4.78, 5) is 11.4. The van der Waals surface area contributed by atoms with Crippen LogP contribution in [-0.4, -0.2) is 24.6 Å². The van der Waals surface area contributed by atoms with Crippen molar-refractivity contribution < 1.29 is 27.4 Å². The van der Waals surface area contributed by atoms with E-state index in [1.54, 1.807) is 26.8 Å². The van der Waals surface area contributed by atoms with E-state index in [-0.39, 0.29) is 18.7 Å². The second-order valence-electron chi connectivity index (χ2n) is 5.33. The molecule has 0 aromatic heterocycles. The van der Waals surface area contributed by atoms with Crippen LogP contribution in [0.3, 0.4) is 0 Å². The highest BCUT2D eigenvalue weighted by atomic mass is 19.4. The zero-order chi connectivity index (χ0) is 16.1. The third-order valence-corrected chi connectivity index (χ3v) is 2.26. The minimum absolute atomic E-state index is 0.146. The number of rotatable bonds is 4. The molecule has 0 fully saturated rings. The number of hydrogen-bond donors (Lipinski definition) is 1. The number of nitrogens with one attached hydrogen (secondary N) is 1. The van der Waals surface area contributed by atoms with Crippen molar-refractivity contribution in [1.29, 1.82) is 0 Å². The molecule has 1 amide bonds. The number of ether oxygens (including phenoxy) is 2. The summed E-state index contributed by atoms with van der Waals surface area (Å²) in [6, 6.07) is 5.80. The number of carbonyl (C=O) groups is 1. The number of benzene rings is 1. The predicted octanol–water partition coefficient (Wildman–Crippen LogP) is 3.65. The Balaban J connectivity index is 2.54. The molecule has 1 aromatic carbocycles. The van der Waals surface area contributed by atoms with Gasteiger partial charge in [0.2, 0.25) is 0 Å². The number of amides is 1. The molecule has 0 heterocycles. The number of hydrogen-bond acceptors (Lipinski definition) is 3. The lowest BCUT2D eigenvalue weighted by Gasteiger charge is -2.19. The normalized spacial score (nSPS) is 11.9. The van der Waals surface area contributed by atoms with Gasteiger partial charge in [-0.3, -0.25) is 0 Å². The maximum Gasteiger partial charge on any atom is 0.573 e. The van der Waals surface area contributed by atoms with Crippen LogP contribution in [0.5, 0.6) is 5.75 Å². The monoisotopic (exact) mass is 305 g/mol. The SMILES string of the molecule is CC(C)(C)OC(=O)NCCc1ccccc1OC(F)(F)F. The Bertz CT molecular complexity index is 481. The molecule has 0 unspecified atom stereocenters. The quantitative estimate of drug-likeness (QED) is 0.923. The highest BCUT2D eigenvalue weighted by Crippen LogP contribution is 2.26. The lowest BCUT2D eigenvalue weighted by atomic mass is 10.1. The summed E-state index contributed by atoms with van der Waals surface area (Å²) in [7, 11) is 0. The molecule has 0 bridgehead atoms. The third-order valence-electron chi connectivity index (χ3n) is 2.26. The van der Waals surface area contributed by atoms with Crippen molar-refractivity contribution in [1.82, 2.24) is 5.32 Å². The molecule has 0 aliphatic rings. The Morgan fingerprint density at radius 2 is 1.81 bits per heavy atom. The van der Waals surface area contributed by atoms with Crippen LogP contribution in [0.4, 0.5) is 18.0 Å². The van der Waals surface area contributed by atoms with Crippen molar-refractivity contribution >= 4 is 6.09 Å². The van der Waals surface area contributed by atoms with Gasteiger partial charge in [-0.15, -0.1) is 13.2 Å². The summed E-state index contributed by atoms with van der Waals surface area (Å²) in [6.07, 6.45) is -5.16. The molecular weight excluding hydrogens is 287 g/mol. The molecule has 118 valence electrons. The summed E-state index contributed by atoms with van der Waals surface area (Å²) in [5.74, 6) is -0.268. The summed E-state index contributed by atoms with van der Waals surface area (Å²) in [6.45, 7) is 5.31. The van der Waals surface area contributed by atoms with Crippen LogP contribution in [0.1, 0.15) is 26.3 Å². The fraction of sp³-hybridized carbons (Fsp3) is 0.500. The van der Waals surface area contributed by atoms with Crippen LogP contribution in [0.15, 0.2) is 24.3 Å². The lowest BCUT2D eigenvalue weighted by Crippen LogP contribution is -2.33. The van der Waals surface area contributed by atoms with E-state index >= 15 is 0 Å². The molecular formula is C14H18F3NO3. The summed E-state index contributed by atoms with van der Waals surface area (Å²) >= 11 is 0. The second-order valence-corrected chi connectivity index (χ2v) is 5.33. The van der Waals surface area contributed by atoms with Crippen molar-refractivity contribution in [2.75, 3.05) is 6.54 Å². The van der Waals surface area contributed by atoms with Gasteiger partial charge in [0.05, 0.1) is 0 Å². The van der Waals surface area contributed by atoms with Crippen LogP contribution in [0, 0.1) is 0 Å². The first-order chi connectivity index (χ1) is 9.57. The molecule has 0 aliphatic carbocycles. The average Bonchev–Trinajstić information content (AvgIpc) is 2.27. The molecule has 0 radical (unpaired) electrons. The average molecular weight is 305 g/mol. The molecule has 0 saturated carbocycles. The van der Waals surface area contributed by atoms with Crippen LogP contribution in [0.25, 0.3) is 0 Å². The van der Waals surface area contributed by atoms with Gasteiger partial charge in [0.1, 0.15) is 11.4 Å². The van der Waals surface area contributed by atoms with E-state index in [1.165, 1.54) is 18.2 Å². The van der Waals surface area contributed by atoms with Gasteiger partial charge in [0.25, 0.3) is 0 Å². The topological polar surface area (TPSA) is 47.6 Å². The fourth-order valence-electron chi connectivity index (χ4n) is 1.55. The Morgan fingerprint density at radius 1 is 1.19 bits per heavy atom. The van der Waals surface area contributed by atoms with Gasteiger partial charge in [-0.1, -0.05) is 18.2 Å². The molecule has 7 heteroatoms. The van der Waals surface area contributed by atoms with Crippen LogP contribution >= 0.6 is 0 Å². The molecule has 21 heavy (non-hydrogen) atoms.